The van der Waals surface area contributed by atoms with Crippen molar-refractivity contribution < 1.29 is 56.2 Å². The van der Waals surface area contributed by atoms with Gasteiger partial charge >= 0.3 is 16.4 Å². The van der Waals surface area contributed by atoms with Gasteiger partial charge in [0.15, 0.2) is 6.29 Å². The van der Waals surface area contributed by atoms with E-state index in [0.717, 1.165) is 96.3 Å². The van der Waals surface area contributed by atoms with Crippen LogP contribution in [0, 0.1) is 0 Å². The van der Waals surface area contributed by atoms with E-state index in [-0.39, 0.29) is 19.6 Å². The van der Waals surface area contributed by atoms with Gasteiger partial charge in [-0.1, -0.05) is 170 Å². The Morgan fingerprint density at radius 2 is 1.06 bits per heavy atom. The highest BCUT2D eigenvalue weighted by atomic mass is 32.3. The molecule has 65 heavy (non-hydrogen) atoms. The number of unbranched alkanes of at least 4 members (excludes halogenated alkanes) is 18. The Labute approximate surface area is 394 Å². The van der Waals surface area contributed by atoms with Gasteiger partial charge in [0.25, 0.3) is 0 Å². The summed E-state index contributed by atoms with van der Waals surface area (Å²) >= 11 is 0. The molecule has 4 N–H and O–H groups in total. The van der Waals surface area contributed by atoms with Crippen LogP contribution >= 0.6 is 0 Å². The van der Waals surface area contributed by atoms with Crippen molar-refractivity contribution in [3.63, 3.8) is 0 Å². The molecule has 376 valence electrons. The van der Waals surface area contributed by atoms with Gasteiger partial charge in [-0.05, 0) is 83.5 Å². The predicted molar refractivity (Wildman–Crippen MR) is 262 cm³/mol. The van der Waals surface area contributed by atoms with Gasteiger partial charge in [0.2, 0.25) is 0 Å². The SMILES string of the molecule is CC/C=C\C/C=C\C/C=C\C/C=C\CCCCCCCCCCCOCC(COC1OC(CO)C(O)C(OS(=O)(=O)O)C1O)OC(=O)CCCCCCC/C=C\C/C=C\CCCCCC. The summed E-state index contributed by atoms with van der Waals surface area (Å²) in [4.78, 5) is 12.9. The molecule has 0 bridgehead atoms. The molecule has 0 spiro atoms. The Bertz CT molecular complexity index is 1410. The monoisotopic (exact) mass is 939 g/mol. The summed E-state index contributed by atoms with van der Waals surface area (Å²) in [5.74, 6) is -0.417. The number of hydrogen-bond donors (Lipinski definition) is 4. The topological polar surface area (TPSA) is 178 Å². The molecule has 0 radical (unpaired) electrons. The Hall–Kier alpha value is -2.46. The van der Waals surface area contributed by atoms with Crippen molar-refractivity contribution in [2.45, 2.75) is 224 Å². The number of aliphatic hydroxyl groups is 3. The average molecular weight is 939 g/mol. The van der Waals surface area contributed by atoms with Crippen molar-refractivity contribution in [1.82, 2.24) is 0 Å². The third kappa shape index (κ3) is 36.3. The second-order valence-corrected chi connectivity index (χ2v) is 18.1. The molecular formula is C52H90O12S. The maximum Gasteiger partial charge on any atom is 0.397 e. The first kappa shape index (κ1) is 60.6. The molecule has 12 nitrogen and oxygen atoms in total. The Balaban J connectivity index is 2.38. The molecule has 0 aromatic heterocycles. The summed E-state index contributed by atoms with van der Waals surface area (Å²) in [6.45, 7) is 3.83. The minimum atomic E-state index is -5.07. The third-order valence-corrected chi connectivity index (χ3v) is 11.5. The van der Waals surface area contributed by atoms with Crippen molar-refractivity contribution in [2.75, 3.05) is 26.4 Å². The molecule has 6 atom stereocenters. The van der Waals surface area contributed by atoms with Gasteiger partial charge in [0, 0.05) is 13.0 Å². The third-order valence-electron chi connectivity index (χ3n) is 11.1. The number of carbonyl (C=O) groups is 1. The minimum absolute atomic E-state index is 0.0226. The molecule has 1 aliphatic rings. The number of rotatable bonds is 43. The van der Waals surface area contributed by atoms with Crippen LogP contribution in [0.3, 0.4) is 0 Å². The van der Waals surface area contributed by atoms with Crippen molar-refractivity contribution in [2.24, 2.45) is 0 Å². The zero-order chi connectivity index (χ0) is 47.5. The predicted octanol–water partition coefficient (Wildman–Crippen LogP) is 11.5. The highest BCUT2D eigenvalue weighted by Crippen LogP contribution is 2.26. The van der Waals surface area contributed by atoms with E-state index in [1.807, 2.05) is 0 Å². The summed E-state index contributed by atoms with van der Waals surface area (Å²) in [7, 11) is -5.07. The number of allylic oxidation sites excluding steroid dienone is 12. The lowest BCUT2D eigenvalue weighted by atomic mass is 9.99. The zero-order valence-corrected chi connectivity index (χ0v) is 41.1. The van der Waals surface area contributed by atoms with Crippen LogP contribution in [0.4, 0.5) is 0 Å². The van der Waals surface area contributed by atoms with Gasteiger partial charge in [-0.3, -0.25) is 9.35 Å². The van der Waals surface area contributed by atoms with Gasteiger partial charge < -0.3 is 34.3 Å². The first-order valence-corrected chi connectivity index (χ1v) is 26.6. The largest absolute Gasteiger partial charge is 0.457 e. The van der Waals surface area contributed by atoms with Gasteiger partial charge in [0.05, 0.1) is 19.8 Å². The summed E-state index contributed by atoms with van der Waals surface area (Å²) in [6.07, 6.45) is 46.4. The zero-order valence-electron chi connectivity index (χ0n) is 40.3. The summed E-state index contributed by atoms with van der Waals surface area (Å²) in [6, 6.07) is 0. The molecule has 1 heterocycles. The quantitative estimate of drug-likeness (QED) is 0.0197. The van der Waals surface area contributed by atoms with Gasteiger partial charge in [0.1, 0.15) is 30.5 Å². The molecule has 1 saturated heterocycles. The van der Waals surface area contributed by atoms with Crippen LogP contribution in [0.25, 0.3) is 0 Å². The molecule has 0 saturated carbocycles. The molecule has 1 aliphatic heterocycles. The normalized spacial score (nSPS) is 20.2. The smallest absolute Gasteiger partial charge is 0.397 e. The lowest BCUT2D eigenvalue weighted by molar-refractivity contribution is -0.301. The van der Waals surface area contributed by atoms with Crippen LogP contribution in [0.15, 0.2) is 72.9 Å². The van der Waals surface area contributed by atoms with E-state index in [2.05, 4.69) is 90.9 Å². The van der Waals surface area contributed by atoms with E-state index in [0.29, 0.717) is 13.0 Å². The molecule has 0 aromatic carbocycles. The van der Waals surface area contributed by atoms with Gasteiger partial charge in [-0.25, -0.2) is 4.18 Å². The Kier molecular flexibility index (Phi) is 39.9. The van der Waals surface area contributed by atoms with Gasteiger partial charge in [-0.2, -0.15) is 8.42 Å². The van der Waals surface area contributed by atoms with E-state index in [1.54, 1.807) is 0 Å². The highest BCUT2D eigenvalue weighted by Gasteiger charge is 2.48. The lowest BCUT2D eigenvalue weighted by Crippen LogP contribution is -2.60. The fourth-order valence-electron chi connectivity index (χ4n) is 7.28. The molecule has 0 aromatic rings. The van der Waals surface area contributed by atoms with Crippen molar-refractivity contribution >= 4 is 16.4 Å². The van der Waals surface area contributed by atoms with Crippen LogP contribution in [-0.4, -0.2) is 97.5 Å². The van der Waals surface area contributed by atoms with Crippen LogP contribution in [0.5, 0.6) is 0 Å². The van der Waals surface area contributed by atoms with Crippen LogP contribution in [0.1, 0.15) is 187 Å². The van der Waals surface area contributed by atoms with E-state index in [9.17, 15) is 33.1 Å². The molecule has 6 unspecified atom stereocenters. The van der Waals surface area contributed by atoms with Crippen molar-refractivity contribution in [1.29, 1.82) is 0 Å². The Morgan fingerprint density at radius 3 is 1.55 bits per heavy atom. The molecule has 0 aliphatic carbocycles. The van der Waals surface area contributed by atoms with E-state index in [1.165, 1.54) is 64.2 Å². The van der Waals surface area contributed by atoms with Crippen molar-refractivity contribution in [3.8, 4) is 0 Å². The average Bonchev–Trinajstić information content (AvgIpc) is 3.28. The fraction of sp³-hybridized carbons (Fsp3) is 0.750. The number of ether oxygens (including phenoxy) is 4. The van der Waals surface area contributed by atoms with E-state index >= 15 is 0 Å². The summed E-state index contributed by atoms with van der Waals surface area (Å²) in [5.41, 5.74) is 0. The summed E-state index contributed by atoms with van der Waals surface area (Å²) < 4.78 is 59.2. The van der Waals surface area contributed by atoms with Crippen molar-refractivity contribution in [3.05, 3.63) is 72.9 Å². The van der Waals surface area contributed by atoms with E-state index < -0.39 is 59.8 Å². The molecular weight excluding hydrogens is 849 g/mol. The number of hydrogen-bond acceptors (Lipinski definition) is 11. The molecule has 1 rings (SSSR count). The van der Waals surface area contributed by atoms with Crippen LogP contribution in [0.2, 0.25) is 0 Å². The fourth-order valence-corrected chi connectivity index (χ4v) is 7.79. The van der Waals surface area contributed by atoms with Gasteiger partial charge in [-0.15, -0.1) is 0 Å². The number of esters is 1. The Morgan fingerprint density at radius 1 is 0.600 bits per heavy atom. The molecule has 0 amide bonds. The standard InChI is InChI=1S/C52H90O12S/c1-3-5-7-9-11-13-15-17-19-21-22-23-24-25-26-28-30-32-34-36-38-40-42-60-44-46(45-61-52-50(56)51(64-65(57,58)59)49(55)47(43-53)63-52)62-48(54)41-39-37-35-33-31-29-27-20-18-16-14-12-10-8-6-4-2/h5,7,11,13-14,16-17,19-20,22-23,27,46-47,49-53,55-56H,3-4,6,8-10,12,15,18,21,24-26,28-45H2,1-2H3,(H,57,58,59)/b7-5-,13-11-,16-14-,19-17-,23-22-,27-20-. The lowest BCUT2D eigenvalue weighted by Gasteiger charge is -2.41. The first-order chi connectivity index (χ1) is 31.6. The number of carbonyl (C=O) groups excluding carboxylic acids is 1. The van der Waals surface area contributed by atoms with Crippen LogP contribution < -0.4 is 0 Å². The molecule has 13 heteroatoms. The highest BCUT2D eigenvalue weighted by molar-refractivity contribution is 7.80. The maximum absolute atomic E-state index is 12.9. The minimum Gasteiger partial charge on any atom is -0.457 e. The maximum atomic E-state index is 12.9. The second kappa shape index (κ2) is 42.9. The van der Waals surface area contributed by atoms with Crippen LogP contribution in [-0.2, 0) is 38.3 Å². The van der Waals surface area contributed by atoms with E-state index in [4.69, 9.17) is 18.9 Å². The molecule has 1 fully saturated rings. The second-order valence-electron chi connectivity index (χ2n) is 17.0. The summed E-state index contributed by atoms with van der Waals surface area (Å²) in [5, 5.41) is 30.7. The first-order valence-electron chi connectivity index (χ1n) is 25.2. The number of aliphatic hydroxyl groups excluding tert-OH is 3.